The second-order valence-electron chi connectivity index (χ2n) is 8.81. The molecular formula is C26H33FN4O4S. The number of thiocarbonyl (C=S) groups is 1. The van der Waals surface area contributed by atoms with Crippen molar-refractivity contribution in [2.75, 3.05) is 78.1 Å². The Morgan fingerprint density at radius 2 is 1.83 bits per heavy atom. The number of ether oxygens (including phenoxy) is 3. The summed E-state index contributed by atoms with van der Waals surface area (Å²) in [5.74, 6) is 0.370. The van der Waals surface area contributed by atoms with Gasteiger partial charge in [0.25, 0.3) is 5.91 Å². The standard InChI is InChI=1S/C26H33FN4O4S/c1-33-23-8-2-20(3-9-23)25(32)30(11-10-29-12-15-34-16-13-29)18-24-19-31(14-17-35-24)26(36)28-22-6-4-21(27)5-7-22/h2-9,24H,10-19H2,1H3,(H,28,36). The molecule has 0 radical (unpaired) electrons. The van der Waals surface area contributed by atoms with Crippen LogP contribution in [0, 0.1) is 5.82 Å². The Kier molecular flexibility index (Phi) is 9.46. The molecule has 0 spiro atoms. The van der Waals surface area contributed by atoms with Crippen molar-refractivity contribution < 1.29 is 23.4 Å². The molecule has 2 aromatic carbocycles. The van der Waals surface area contributed by atoms with E-state index in [-0.39, 0.29) is 17.8 Å². The van der Waals surface area contributed by atoms with E-state index in [0.29, 0.717) is 62.4 Å². The molecule has 0 aromatic heterocycles. The van der Waals surface area contributed by atoms with E-state index < -0.39 is 0 Å². The maximum atomic E-state index is 13.5. The third-order valence-electron chi connectivity index (χ3n) is 6.36. The first kappa shape index (κ1) is 26.3. The van der Waals surface area contributed by atoms with Crippen molar-refractivity contribution in [3.63, 3.8) is 0 Å². The normalized spacial score (nSPS) is 18.5. The van der Waals surface area contributed by atoms with Gasteiger partial charge in [0.15, 0.2) is 5.11 Å². The Bertz CT molecular complexity index is 1000. The Morgan fingerprint density at radius 1 is 1.11 bits per heavy atom. The van der Waals surface area contributed by atoms with Crippen molar-refractivity contribution in [1.82, 2.24) is 14.7 Å². The quantitative estimate of drug-likeness (QED) is 0.538. The number of methoxy groups -OCH3 is 1. The van der Waals surface area contributed by atoms with Gasteiger partial charge < -0.3 is 29.3 Å². The van der Waals surface area contributed by atoms with Crippen molar-refractivity contribution in [1.29, 1.82) is 0 Å². The van der Waals surface area contributed by atoms with Gasteiger partial charge in [0.05, 0.1) is 33.0 Å². The van der Waals surface area contributed by atoms with Crippen LogP contribution in [-0.2, 0) is 9.47 Å². The van der Waals surface area contributed by atoms with Gasteiger partial charge in [-0.2, -0.15) is 0 Å². The number of rotatable bonds is 8. The number of hydrogen-bond acceptors (Lipinski definition) is 6. The number of hydrogen-bond donors (Lipinski definition) is 1. The molecule has 10 heteroatoms. The van der Waals surface area contributed by atoms with E-state index in [9.17, 15) is 9.18 Å². The number of benzene rings is 2. The van der Waals surface area contributed by atoms with E-state index in [1.54, 1.807) is 43.5 Å². The fraction of sp³-hybridized carbons (Fsp3) is 0.462. The molecule has 1 atom stereocenters. The predicted octanol–water partition coefficient (Wildman–Crippen LogP) is 2.71. The Labute approximate surface area is 216 Å². The van der Waals surface area contributed by atoms with Gasteiger partial charge in [-0.25, -0.2) is 4.39 Å². The van der Waals surface area contributed by atoms with Crippen LogP contribution in [0.1, 0.15) is 10.4 Å². The van der Waals surface area contributed by atoms with Gasteiger partial charge in [0, 0.05) is 57.1 Å². The topological polar surface area (TPSA) is 66.5 Å². The van der Waals surface area contributed by atoms with Crippen LogP contribution < -0.4 is 10.1 Å². The number of anilines is 1. The number of nitrogens with zero attached hydrogens (tertiary/aromatic N) is 3. The summed E-state index contributed by atoms with van der Waals surface area (Å²) in [6.07, 6.45) is -0.196. The SMILES string of the molecule is COc1ccc(C(=O)N(CCN2CCOCC2)CC2CN(C(=S)Nc3ccc(F)cc3)CCO2)cc1. The molecule has 8 nitrogen and oxygen atoms in total. The lowest BCUT2D eigenvalue weighted by Crippen LogP contribution is -2.52. The summed E-state index contributed by atoms with van der Waals surface area (Å²) in [6, 6.07) is 13.3. The smallest absolute Gasteiger partial charge is 0.253 e. The van der Waals surface area contributed by atoms with Crippen LogP contribution in [0.2, 0.25) is 0 Å². The van der Waals surface area contributed by atoms with Crippen molar-refractivity contribution in [2.24, 2.45) is 0 Å². The molecule has 2 aliphatic heterocycles. The third-order valence-corrected chi connectivity index (χ3v) is 6.72. The maximum Gasteiger partial charge on any atom is 0.253 e. The summed E-state index contributed by atoms with van der Waals surface area (Å²) in [6.45, 7) is 6.66. The molecule has 2 fully saturated rings. The molecular weight excluding hydrogens is 483 g/mol. The zero-order valence-electron chi connectivity index (χ0n) is 20.5. The zero-order valence-corrected chi connectivity index (χ0v) is 21.3. The number of nitrogens with one attached hydrogen (secondary N) is 1. The van der Waals surface area contributed by atoms with Gasteiger partial charge >= 0.3 is 0 Å². The van der Waals surface area contributed by atoms with Crippen LogP contribution in [-0.4, -0.2) is 105 Å². The highest BCUT2D eigenvalue weighted by Gasteiger charge is 2.27. The zero-order chi connectivity index (χ0) is 25.3. The molecule has 36 heavy (non-hydrogen) atoms. The van der Waals surface area contributed by atoms with Crippen molar-refractivity contribution in [2.45, 2.75) is 6.10 Å². The largest absolute Gasteiger partial charge is 0.497 e. The van der Waals surface area contributed by atoms with E-state index in [4.69, 9.17) is 26.4 Å². The summed E-state index contributed by atoms with van der Waals surface area (Å²) in [5, 5.41) is 3.72. The van der Waals surface area contributed by atoms with Crippen LogP contribution in [0.25, 0.3) is 0 Å². The second kappa shape index (κ2) is 13.0. The lowest BCUT2D eigenvalue weighted by molar-refractivity contribution is -0.0228. The molecule has 0 bridgehead atoms. The first-order valence-electron chi connectivity index (χ1n) is 12.2. The molecule has 1 unspecified atom stereocenters. The third kappa shape index (κ3) is 7.36. The monoisotopic (exact) mass is 516 g/mol. The highest BCUT2D eigenvalue weighted by Crippen LogP contribution is 2.16. The Balaban J connectivity index is 1.40. The van der Waals surface area contributed by atoms with Crippen LogP contribution in [0.15, 0.2) is 48.5 Å². The first-order chi connectivity index (χ1) is 17.5. The number of carbonyl (C=O) groups is 1. The first-order valence-corrected chi connectivity index (χ1v) is 12.6. The van der Waals surface area contributed by atoms with Crippen LogP contribution >= 0.6 is 12.2 Å². The molecule has 1 N–H and O–H groups in total. The van der Waals surface area contributed by atoms with Gasteiger partial charge in [-0.3, -0.25) is 9.69 Å². The fourth-order valence-corrected chi connectivity index (χ4v) is 4.56. The number of carbonyl (C=O) groups excluding carboxylic acids is 1. The van der Waals surface area contributed by atoms with Crippen LogP contribution in [0.3, 0.4) is 0 Å². The van der Waals surface area contributed by atoms with Crippen molar-refractivity contribution in [3.8, 4) is 5.75 Å². The average molecular weight is 517 g/mol. The van der Waals surface area contributed by atoms with Gasteiger partial charge in [0.2, 0.25) is 0 Å². The molecule has 2 aromatic rings. The average Bonchev–Trinajstić information content (AvgIpc) is 2.92. The molecule has 2 aliphatic rings. The highest BCUT2D eigenvalue weighted by molar-refractivity contribution is 7.80. The lowest BCUT2D eigenvalue weighted by Gasteiger charge is -2.37. The maximum absolute atomic E-state index is 13.5. The van der Waals surface area contributed by atoms with E-state index in [1.807, 2.05) is 9.80 Å². The minimum atomic E-state index is -0.295. The van der Waals surface area contributed by atoms with Gasteiger partial charge in [-0.05, 0) is 60.7 Å². The summed E-state index contributed by atoms with van der Waals surface area (Å²) in [7, 11) is 1.60. The van der Waals surface area contributed by atoms with E-state index >= 15 is 0 Å². The minimum Gasteiger partial charge on any atom is -0.497 e. The highest BCUT2D eigenvalue weighted by atomic mass is 32.1. The number of morpholine rings is 2. The molecule has 0 saturated carbocycles. The summed E-state index contributed by atoms with van der Waals surface area (Å²) in [5.41, 5.74) is 1.34. The van der Waals surface area contributed by atoms with Crippen molar-refractivity contribution in [3.05, 3.63) is 59.9 Å². The summed E-state index contributed by atoms with van der Waals surface area (Å²) >= 11 is 5.60. The molecule has 1 amide bonds. The van der Waals surface area contributed by atoms with E-state index in [2.05, 4.69) is 10.2 Å². The van der Waals surface area contributed by atoms with Crippen LogP contribution in [0.4, 0.5) is 10.1 Å². The number of amides is 1. The van der Waals surface area contributed by atoms with Crippen molar-refractivity contribution >= 4 is 28.9 Å². The summed E-state index contributed by atoms with van der Waals surface area (Å²) < 4.78 is 30.0. The predicted molar refractivity (Wildman–Crippen MR) is 140 cm³/mol. The van der Waals surface area contributed by atoms with Crippen LogP contribution in [0.5, 0.6) is 5.75 Å². The summed E-state index contributed by atoms with van der Waals surface area (Å²) in [4.78, 5) is 19.7. The fourth-order valence-electron chi connectivity index (χ4n) is 4.27. The van der Waals surface area contributed by atoms with Gasteiger partial charge in [-0.15, -0.1) is 0 Å². The number of halogens is 1. The molecule has 2 heterocycles. The Hall–Kier alpha value is -2.79. The molecule has 0 aliphatic carbocycles. The van der Waals surface area contributed by atoms with E-state index in [0.717, 1.165) is 25.3 Å². The van der Waals surface area contributed by atoms with Gasteiger partial charge in [0.1, 0.15) is 11.6 Å². The Morgan fingerprint density at radius 3 is 2.53 bits per heavy atom. The molecule has 4 rings (SSSR count). The molecule has 2 saturated heterocycles. The van der Waals surface area contributed by atoms with Gasteiger partial charge in [-0.1, -0.05) is 0 Å². The van der Waals surface area contributed by atoms with E-state index in [1.165, 1.54) is 12.1 Å². The lowest BCUT2D eigenvalue weighted by atomic mass is 10.1. The second-order valence-corrected chi connectivity index (χ2v) is 9.20. The molecule has 194 valence electrons. The minimum absolute atomic E-state index is 0.0429.